The maximum atomic E-state index is 10.8. The summed E-state index contributed by atoms with van der Waals surface area (Å²) in [5, 5.41) is 8.91. The zero-order valence-corrected chi connectivity index (χ0v) is 12.4. The van der Waals surface area contributed by atoms with E-state index < -0.39 is 5.97 Å². The molecule has 0 heterocycles. The van der Waals surface area contributed by atoms with E-state index in [4.69, 9.17) is 9.84 Å². The Kier molecular flexibility index (Phi) is 6.83. The second-order valence-corrected chi connectivity index (χ2v) is 4.67. The highest BCUT2D eigenvalue weighted by Crippen LogP contribution is 2.22. The third-order valence-electron chi connectivity index (χ3n) is 2.73. The van der Waals surface area contributed by atoms with E-state index in [-0.39, 0.29) is 12.3 Å². The van der Waals surface area contributed by atoms with Crippen molar-refractivity contribution in [2.75, 3.05) is 6.61 Å². The molecule has 0 saturated carbocycles. The Hall–Kier alpha value is -2.47. The molecule has 21 heavy (non-hydrogen) atoms. The molecular weight excluding hydrogens is 264 g/mol. The van der Waals surface area contributed by atoms with Gasteiger partial charge in [-0.2, -0.15) is 0 Å². The molecule has 0 radical (unpaired) electrons. The van der Waals surface area contributed by atoms with Crippen molar-refractivity contribution >= 4 is 5.97 Å². The van der Waals surface area contributed by atoms with Crippen LogP contribution >= 0.6 is 0 Å². The summed E-state index contributed by atoms with van der Waals surface area (Å²) in [7, 11) is 0. The van der Waals surface area contributed by atoms with Crippen LogP contribution in [0.5, 0.6) is 5.75 Å². The Balaban J connectivity index is 2.68. The van der Waals surface area contributed by atoms with Gasteiger partial charge in [0.1, 0.15) is 12.4 Å². The van der Waals surface area contributed by atoms with Crippen molar-refractivity contribution in [1.82, 2.24) is 0 Å². The highest BCUT2D eigenvalue weighted by Gasteiger charge is 2.12. The van der Waals surface area contributed by atoms with Crippen LogP contribution in [0.2, 0.25) is 0 Å². The Bertz CT molecular complexity index is 571. The summed E-state index contributed by atoms with van der Waals surface area (Å²) in [6.07, 6.45) is 3.79. The number of rotatable bonds is 7. The first-order valence-electron chi connectivity index (χ1n) is 6.71. The minimum absolute atomic E-state index is 0.00237. The third kappa shape index (κ3) is 6.49. The Morgan fingerprint density at radius 1 is 1.43 bits per heavy atom. The number of hydrogen-bond acceptors (Lipinski definition) is 2. The van der Waals surface area contributed by atoms with Crippen molar-refractivity contribution in [3.05, 3.63) is 54.1 Å². The fourth-order valence-electron chi connectivity index (χ4n) is 1.79. The number of allylic oxidation sites excluding steroid dienone is 2. The number of carboxylic acid groups (broad SMARTS) is 1. The minimum Gasteiger partial charge on any atom is -0.490 e. The number of benzene rings is 1. The van der Waals surface area contributed by atoms with Crippen LogP contribution in [-0.2, 0) is 4.79 Å². The minimum atomic E-state index is -0.854. The lowest BCUT2D eigenvalue weighted by atomic mass is 9.96. The lowest BCUT2D eigenvalue weighted by Gasteiger charge is -2.10. The van der Waals surface area contributed by atoms with E-state index in [9.17, 15) is 4.79 Å². The van der Waals surface area contributed by atoms with E-state index in [2.05, 4.69) is 18.4 Å². The molecule has 3 heteroatoms. The number of aliphatic carboxylic acids is 1. The average Bonchev–Trinajstić information content (AvgIpc) is 2.43. The summed E-state index contributed by atoms with van der Waals surface area (Å²) in [6.45, 7) is 7.87. The van der Waals surface area contributed by atoms with Crippen LogP contribution in [0, 0.1) is 11.8 Å². The van der Waals surface area contributed by atoms with Crippen molar-refractivity contribution in [2.45, 2.75) is 26.2 Å². The molecule has 0 fully saturated rings. The first-order chi connectivity index (χ1) is 10.0. The first-order valence-corrected chi connectivity index (χ1v) is 6.71. The second kappa shape index (κ2) is 8.65. The molecule has 3 nitrogen and oxygen atoms in total. The van der Waals surface area contributed by atoms with Gasteiger partial charge in [-0.1, -0.05) is 36.3 Å². The van der Waals surface area contributed by atoms with Gasteiger partial charge in [0.2, 0.25) is 0 Å². The van der Waals surface area contributed by atoms with Crippen LogP contribution in [0.25, 0.3) is 0 Å². The molecule has 0 aromatic heterocycles. The summed E-state index contributed by atoms with van der Waals surface area (Å²) in [5.41, 5.74) is 1.86. The quantitative estimate of drug-likeness (QED) is 0.612. The molecule has 0 aliphatic rings. The van der Waals surface area contributed by atoms with Gasteiger partial charge in [0.05, 0.1) is 12.3 Å². The smallest absolute Gasteiger partial charge is 0.304 e. The van der Waals surface area contributed by atoms with E-state index in [1.54, 1.807) is 6.92 Å². The van der Waals surface area contributed by atoms with Crippen molar-refractivity contribution in [3.8, 4) is 17.6 Å². The number of ether oxygens (including phenoxy) is 1. The van der Waals surface area contributed by atoms with Gasteiger partial charge in [0.15, 0.2) is 0 Å². The number of carbonyl (C=O) groups is 1. The molecule has 1 aromatic rings. The van der Waals surface area contributed by atoms with Crippen LogP contribution in [0.3, 0.4) is 0 Å². The van der Waals surface area contributed by atoms with Crippen LogP contribution in [-0.4, -0.2) is 17.7 Å². The van der Waals surface area contributed by atoms with Gasteiger partial charge in [-0.3, -0.25) is 4.79 Å². The molecule has 110 valence electrons. The van der Waals surface area contributed by atoms with E-state index in [0.29, 0.717) is 6.61 Å². The molecular formula is C18H20O3. The molecule has 1 N–H and O–H groups in total. The van der Waals surface area contributed by atoms with Gasteiger partial charge >= 0.3 is 5.97 Å². The highest BCUT2D eigenvalue weighted by molar-refractivity contribution is 5.69. The molecule has 0 aliphatic carbocycles. The zero-order valence-electron chi connectivity index (χ0n) is 12.4. The normalized spacial score (nSPS) is 11.5. The topological polar surface area (TPSA) is 46.5 Å². The van der Waals surface area contributed by atoms with Crippen molar-refractivity contribution in [2.24, 2.45) is 0 Å². The van der Waals surface area contributed by atoms with Crippen LogP contribution in [0.1, 0.15) is 31.7 Å². The molecule has 0 saturated heterocycles. The van der Waals surface area contributed by atoms with Gasteiger partial charge in [-0.25, -0.2) is 0 Å². The fraction of sp³-hybridized carbons (Fsp3) is 0.278. The average molecular weight is 284 g/mol. The lowest BCUT2D eigenvalue weighted by molar-refractivity contribution is -0.137. The number of hydrogen-bond donors (Lipinski definition) is 1. The van der Waals surface area contributed by atoms with Crippen LogP contribution < -0.4 is 4.74 Å². The molecule has 1 aromatic carbocycles. The van der Waals surface area contributed by atoms with E-state index >= 15 is 0 Å². The molecule has 0 spiro atoms. The maximum Gasteiger partial charge on any atom is 0.304 e. The molecule has 1 rings (SSSR count). The molecule has 1 atom stereocenters. The van der Waals surface area contributed by atoms with Gasteiger partial charge in [-0.05, 0) is 37.6 Å². The predicted octanol–water partition coefficient (Wildman–Crippen LogP) is 3.78. The van der Waals surface area contributed by atoms with Crippen molar-refractivity contribution in [1.29, 1.82) is 0 Å². The lowest BCUT2D eigenvalue weighted by Crippen LogP contribution is -2.04. The molecule has 0 bridgehead atoms. The van der Waals surface area contributed by atoms with E-state index in [1.807, 2.05) is 43.3 Å². The Morgan fingerprint density at radius 3 is 2.62 bits per heavy atom. The summed E-state index contributed by atoms with van der Waals surface area (Å²) in [5.74, 6) is 5.30. The molecule has 0 unspecified atom stereocenters. The molecule has 0 amide bonds. The van der Waals surface area contributed by atoms with Gasteiger partial charge in [-0.15, -0.1) is 5.92 Å². The second-order valence-electron chi connectivity index (χ2n) is 4.67. The highest BCUT2D eigenvalue weighted by atomic mass is 16.5. The van der Waals surface area contributed by atoms with Gasteiger partial charge in [0, 0.05) is 0 Å². The third-order valence-corrected chi connectivity index (χ3v) is 2.73. The summed E-state index contributed by atoms with van der Waals surface area (Å²) < 4.78 is 5.55. The standard InChI is InChI=1S/C18H20O3/c1-4-6-16(13-18(19)20)15-8-10-17(11-9-15)21-12-5-7-14(2)3/h5,7-11,16H,2,12-13H2,1,3H3,(H,19,20)/b7-5+/t16-/m1/s1. The summed E-state index contributed by atoms with van der Waals surface area (Å²) in [6, 6.07) is 7.37. The van der Waals surface area contributed by atoms with Crippen LogP contribution in [0.4, 0.5) is 0 Å². The van der Waals surface area contributed by atoms with Crippen LogP contribution in [0.15, 0.2) is 48.6 Å². The monoisotopic (exact) mass is 284 g/mol. The SMILES string of the molecule is C=C(C)/C=C/COc1ccc([C@H](C#CC)CC(=O)O)cc1. The zero-order chi connectivity index (χ0) is 15.7. The Morgan fingerprint density at radius 2 is 2.10 bits per heavy atom. The van der Waals surface area contributed by atoms with Gasteiger partial charge in [0.25, 0.3) is 0 Å². The summed E-state index contributed by atoms with van der Waals surface area (Å²) >= 11 is 0. The van der Waals surface area contributed by atoms with Crippen molar-refractivity contribution in [3.63, 3.8) is 0 Å². The maximum absolute atomic E-state index is 10.8. The Labute approximate surface area is 126 Å². The molecule has 0 aliphatic heterocycles. The fourth-order valence-corrected chi connectivity index (χ4v) is 1.79. The first kappa shape index (κ1) is 16.6. The van der Waals surface area contributed by atoms with Gasteiger partial charge < -0.3 is 9.84 Å². The van der Waals surface area contributed by atoms with E-state index in [0.717, 1.165) is 16.9 Å². The van der Waals surface area contributed by atoms with E-state index in [1.165, 1.54) is 0 Å². The number of carboxylic acids is 1. The largest absolute Gasteiger partial charge is 0.490 e. The summed E-state index contributed by atoms with van der Waals surface area (Å²) in [4.78, 5) is 10.8. The van der Waals surface area contributed by atoms with Crippen molar-refractivity contribution < 1.29 is 14.6 Å². The predicted molar refractivity (Wildman–Crippen MR) is 84.3 cm³/mol.